The van der Waals surface area contributed by atoms with Crippen molar-refractivity contribution in [3.63, 3.8) is 0 Å². The highest BCUT2D eigenvalue weighted by Crippen LogP contribution is 2.18. The van der Waals surface area contributed by atoms with Crippen molar-refractivity contribution in [1.82, 2.24) is 4.73 Å². The molecule has 1 unspecified atom stereocenters. The minimum Gasteiger partial charge on any atom is -0.492 e. The molecule has 0 saturated heterocycles. The van der Waals surface area contributed by atoms with Gasteiger partial charge in [-0.05, 0) is 6.42 Å². The number of esters is 1. The zero-order valence-electron chi connectivity index (χ0n) is 10.5. The third-order valence-corrected chi connectivity index (χ3v) is 1.98. The van der Waals surface area contributed by atoms with Crippen LogP contribution in [0, 0.1) is 0 Å². The molecule has 0 aromatic carbocycles. The molecule has 1 heterocycles. The zero-order valence-corrected chi connectivity index (χ0v) is 10.5. The number of hydrogen-bond acceptors (Lipinski definition) is 7. The first-order valence-corrected chi connectivity index (χ1v) is 5.62. The molecule has 0 radical (unpaired) electrons. The number of hydrogen-bond donors (Lipinski definition) is 2. The average Bonchev–Trinajstić information content (AvgIpc) is 2.60. The summed E-state index contributed by atoms with van der Waals surface area (Å²) in [6.07, 6.45) is -1.55. The predicted molar refractivity (Wildman–Crippen MR) is 61.3 cm³/mol. The van der Waals surface area contributed by atoms with Crippen molar-refractivity contribution >= 4 is 12.1 Å². The lowest BCUT2D eigenvalue weighted by Crippen LogP contribution is -2.27. The molecule has 106 valence electrons. The quantitative estimate of drug-likeness (QED) is 0.612. The first-order valence-electron chi connectivity index (χ1n) is 5.62. The van der Waals surface area contributed by atoms with Crippen LogP contribution >= 0.6 is 0 Å². The Hall–Kier alpha value is -2.38. The molecule has 0 aliphatic carbocycles. The van der Waals surface area contributed by atoms with E-state index < -0.39 is 30.2 Å². The fourth-order valence-electron chi connectivity index (χ4n) is 1.20. The molecule has 8 heteroatoms. The highest BCUT2D eigenvalue weighted by atomic mass is 16.9. The Morgan fingerprint density at radius 3 is 2.37 bits per heavy atom. The molecule has 0 aliphatic heterocycles. The Morgan fingerprint density at radius 1 is 1.26 bits per heavy atom. The van der Waals surface area contributed by atoms with Gasteiger partial charge in [0.1, 0.15) is 0 Å². The van der Waals surface area contributed by atoms with E-state index >= 15 is 0 Å². The first-order chi connectivity index (χ1) is 8.93. The summed E-state index contributed by atoms with van der Waals surface area (Å²) in [5.41, 5.74) is 0. The third kappa shape index (κ3) is 4.41. The number of ether oxygens (including phenoxy) is 2. The average molecular weight is 273 g/mol. The van der Waals surface area contributed by atoms with Crippen molar-refractivity contribution in [2.24, 2.45) is 0 Å². The highest BCUT2D eigenvalue weighted by molar-refractivity contribution is 5.69. The van der Waals surface area contributed by atoms with Crippen molar-refractivity contribution in [2.45, 2.75) is 33.0 Å². The lowest BCUT2D eigenvalue weighted by Gasteiger charge is -2.13. The molecule has 0 fully saturated rings. The molecule has 0 bridgehead atoms. The van der Waals surface area contributed by atoms with Gasteiger partial charge in [-0.15, -0.1) is 4.73 Å². The van der Waals surface area contributed by atoms with Gasteiger partial charge in [-0.1, -0.05) is 6.92 Å². The molecular formula is C11H15NO7. The lowest BCUT2D eigenvalue weighted by atomic mass is 10.3. The lowest BCUT2D eigenvalue weighted by molar-refractivity contribution is -0.168. The van der Waals surface area contributed by atoms with E-state index in [-0.39, 0.29) is 6.42 Å². The molecule has 1 aromatic heterocycles. The summed E-state index contributed by atoms with van der Waals surface area (Å²) in [5.74, 6) is -1.47. The normalized spacial score (nSPS) is 11.7. The molecule has 8 nitrogen and oxygen atoms in total. The number of rotatable bonds is 5. The number of carbonyl (C=O) groups is 2. The van der Waals surface area contributed by atoms with Gasteiger partial charge >= 0.3 is 12.1 Å². The maximum atomic E-state index is 11.3. The molecule has 1 atom stereocenters. The SMILES string of the molecule is CCCC(=O)OC(C)OC(=O)On1c(O)ccc1O. The molecule has 0 spiro atoms. The minimum absolute atomic E-state index is 0.210. The standard InChI is InChI=1S/C11H15NO7/c1-3-4-10(15)17-7(2)18-11(16)19-12-8(13)5-6-9(12)14/h5-7,13-14H,3-4H2,1-2H3. The van der Waals surface area contributed by atoms with Crippen LogP contribution in [0.4, 0.5) is 4.79 Å². The van der Waals surface area contributed by atoms with Crippen molar-refractivity contribution in [2.75, 3.05) is 0 Å². The number of aromatic nitrogens is 1. The summed E-state index contributed by atoms with van der Waals surface area (Å²) in [4.78, 5) is 26.9. The molecule has 1 rings (SSSR count). The van der Waals surface area contributed by atoms with E-state index in [0.29, 0.717) is 11.2 Å². The topological polar surface area (TPSA) is 107 Å². The van der Waals surface area contributed by atoms with Crippen LogP contribution in [0.5, 0.6) is 11.8 Å². The van der Waals surface area contributed by atoms with Crippen LogP contribution in [0.25, 0.3) is 0 Å². The molecular weight excluding hydrogens is 258 g/mol. The van der Waals surface area contributed by atoms with Crippen LogP contribution in [-0.2, 0) is 14.3 Å². The van der Waals surface area contributed by atoms with E-state index in [1.807, 2.05) is 0 Å². The van der Waals surface area contributed by atoms with E-state index in [4.69, 9.17) is 4.74 Å². The number of carbonyl (C=O) groups excluding carboxylic acids is 2. The Bertz CT molecular complexity index is 434. The molecule has 2 N–H and O–H groups in total. The second-order valence-electron chi connectivity index (χ2n) is 3.61. The fraction of sp³-hybridized carbons (Fsp3) is 0.455. The maximum absolute atomic E-state index is 11.3. The van der Waals surface area contributed by atoms with Gasteiger partial charge in [0.25, 0.3) is 0 Å². The van der Waals surface area contributed by atoms with E-state index in [1.54, 1.807) is 6.92 Å². The van der Waals surface area contributed by atoms with Crippen molar-refractivity contribution < 1.29 is 34.1 Å². The monoisotopic (exact) mass is 273 g/mol. The van der Waals surface area contributed by atoms with Gasteiger partial charge in [0.05, 0.1) is 0 Å². The van der Waals surface area contributed by atoms with Gasteiger partial charge in [0, 0.05) is 25.5 Å². The van der Waals surface area contributed by atoms with Gasteiger partial charge in [-0.25, -0.2) is 4.79 Å². The minimum atomic E-state index is -1.24. The second kappa shape index (κ2) is 6.53. The van der Waals surface area contributed by atoms with Crippen LogP contribution in [0.15, 0.2) is 12.1 Å². The van der Waals surface area contributed by atoms with Crippen LogP contribution in [0.1, 0.15) is 26.7 Å². The van der Waals surface area contributed by atoms with Gasteiger partial charge in [0.2, 0.25) is 18.1 Å². The van der Waals surface area contributed by atoms with E-state index in [1.165, 1.54) is 6.92 Å². The molecule has 0 aliphatic rings. The van der Waals surface area contributed by atoms with Gasteiger partial charge in [-0.3, -0.25) is 9.63 Å². The molecule has 1 aromatic rings. The Morgan fingerprint density at radius 2 is 1.84 bits per heavy atom. The van der Waals surface area contributed by atoms with E-state index in [9.17, 15) is 19.8 Å². The molecule has 19 heavy (non-hydrogen) atoms. The van der Waals surface area contributed by atoms with Crippen LogP contribution < -0.4 is 4.84 Å². The van der Waals surface area contributed by atoms with E-state index in [2.05, 4.69) is 9.57 Å². The maximum Gasteiger partial charge on any atom is 0.537 e. The summed E-state index contributed by atoms with van der Waals surface area (Å²) < 4.78 is 9.81. The summed E-state index contributed by atoms with van der Waals surface area (Å²) in [6, 6.07) is 2.24. The first kappa shape index (κ1) is 14.7. The summed E-state index contributed by atoms with van der Waals surface area (Å²) in [6.45, 7) is 3.14. The Balaban J connectivity index is 2.45. The predicted octanol–water partition coefficient (Wildman–Crippen LogP) is 1.15. The van der Waals surface area contributed by atoms with Crippen molar-refractivity contribution in [3.8, 4) is 11.8 Å². The van der Waals surface area contributed by atoms with E-state index in [0.717, 1.165) is 12.1 Å². The van der Waals surface area contributed by atoms with Crippen LogP contribution in [-0.4, -0.2) is 33.4 Å². The largest absolute Gasteiger partial charge is 0.537 e. The third-order valence-electron chi connectivity index (χ3n) is 1.98. The number of nitrogens with zero attached hydrogens (tertiary/aromatic N) is 1. The Kier molecular flexibility index (Phi) is 5.04. The Labute approximate surface area is 109 Å². The fourth-order valence-corrected chi connectivity index (χ4v) is 1.20. The van der Waals surface area contributed by atoms with Crippen molar-refractivity contribution in [3.05, 3.63) is 12.1 Å². The van der Waals surface area contributed by atoms with Gasteiger partial charge in [-0.2, -0.15) is 0 Å². The van der Waals surface area contributed by atoms with Crippen LogP contribution in [0.3, 0.4) is 0 Å². The smallest absolute Gasteiger partial charge is 0.492 e. The summed E-state index contributed by atoms with van der Waals surface area (Å²) in [5, 5.41) is 18.4. The van der Waals surface area contributed by atoms with Crippen molar-refractivity contribution in [1.29, 1.82) is 0 Å². The molecule has 0 amide bonds. The van der Waals surface area contributed by atoms with Gasteiger partial charge in [0.15, 0.2) is 0 Å². The molecule has 0 saturated carbocycles. The zero-order chi connectivity index (χ0) is 14.4. The second-order valence-corrected chi connectivity index (χ2v) is 3.61. The summed E-state index contributed by atoms with van der Waals surface area (Å²) in [7, 11) is 0. The van der Waals surface area contributed by atoms with Crippen LogP contribution in [0.2, 0.25) is 0 Å². The summed E-state index contributed by atoms with van der Waals surface area (Å²) >= 11 is 0. The highest BCUT2D eigenvalue weighted by Gasteiger charge is 2.18. The van der Waals surface area contributed by atoms with Gasteiger partial charge < -0.3 is 19.7 Å². The number of aromatic hydroxyl groups is 2.